The smallest absolute Gasteiger partial charge is 0.320 e. The number of carboxylic acids is 1. The zero-order valence-electron chi connectivity index (χ0n) is 7.93. The van der Waals surface area contributed by atoms with Crippen LogP contribution in [0.25, 0.3) is 0 Å². The highest BCUT2D eigenvalue weighted by molar-refractivity contribution is 5.73. The molecule has 7 nitrogen and oxygen atoms in total. The van der Waals surface area contributed by atoms with E-state index in [4.69, 9.17) is 5.11 Å². The summed E-state index contributed by atoms with van der Waals surface area (Å²) in [6.07, 6.45) is 0.885. The van der Waals surface area contributed by atoms with Gasteiger partial charge in [-0.1, -0.05) is 6.92 Å². The molecule has 1 unspecified atom stereocenters. The average molecular weight is 206 g/mol. The van der Waals surface area contributed by atoms with Crippen LogP contribution in [-0.2, 0) is 9.63 Å². The Morgan fingerprint density at radius 3 is 2.79 bits per heavy atom. The minimum atomic E-state index is -1.02. The summed E-state index contributed by atoms with van der Waals surface area (Å²) in [5.41, 5.74) is 0. The maximum atomic E-state index is 10.6. The van der Waals surface area contributed by atoms with Gasteiger partial charge in [-0.2, -0.15) is 0 Å². The van der Waals surface area contributed by atoms with Crippen molar-refractivity contribution in [3.63, 3.8) is 0 Å². The molecule has 0 aliphatic heterocycles. The topological polar surface area (TPSA) is 102 Å². The van der Waals surface area contributed by atoms with Crippen LogP contribution >= 0.6 is 0 Å². The second-order valence-electron chi connectivity index (χ2n) is 2.69. The molecular formula is C7H14N2O5. The van der Waals surface area contributed by atoms with Gasteiger partial charge in [0.2, 0.25) is 0 Å². The molecule has 0 radical (unpaired) electrons. The number of aliphatic carboxylic acids is 1. The fraction of sp³-hybridized carbons (Fsp3) is 0.857. The third-order valence-electron chi connectivity index (χ3n) is 1.54. The lowest BCUT2D eigenvalue weighted by molar-refractivity contribution is -0.757. The maximum Gasteiger partial charge on any atom is 0.320 e. The van der Waals surface area contributed by atoms with Crippen LogP contribution in [0.1, 0.15) is 19.8 Å². The van der Waals surface area contributed by atoms with Crippen LogP contribution in [0.5, 0.6) is 0 Å². The molecule has 0 amide bonds. The number of nitrogens with one attached hydrogen (secondary N) is 1. The van der Waals surface area contributed by atoms with Gasteiger partial charge in [-0.05, 0) is 19.4 Å². The van der Waals surface area contributed by atoms with E-state index in [0.29, 0.717) is 6.54 Å². The first-order valence-corrected chi connectivity index (χ1v) is 4.31. The normalized spacial score (nSPS) is 12.1. The Bertz CT molecular complexity index is 197. The van der Waals surface area contributed by atoms with E-state index < -0.39 is 17.1 Å². The third kappa shape index (κ3) is 6.18. The highest BCUT2D eigenvalue weighted by atomic mass is 16.9. The van der Waals surface area contributed by atoms with Crippen molar-refractivity contribution in [1.29, 1.82) is 0 Å². The van der Waals surface area contributed by atoms with Crippen LogP contribution in [-0.4, -0.2) is 35.4 Å². The van der Waals surface area contributed by atoms with E-state index >= 15 is 0 Å². The van der Waals surface area contributed by atoms with Crippen LogP contribution in [0.2, 0.25) is 0 Å². The second kappa shape index (κ2) is 7.07. The molecule has 0 aromatic carbocycles. The predicted octanol–water partition coefficient (Wildman–Crippen LogP) is 0.0376. The molecule has 1 atom stereocenters. The van der Waals surface area contributed by atoms with Crippen molar-refractivity contribution < 1.29 is 19.8 Å². The molecule has 0 aliphatic carbocycles. The van der Waals surface area contributed by atoms with Gasteiger partial charge in [-0.15, -0.1) is 10.1 Å². The minimum absolute atomic E-state index is 0.0797. The van der Waals surface area contributed by atoms with E-state index in [2.05, 4.69) is 10.2 Å². The number of nitrogens with zero attached hydrogens (tertiary/aromatic N) is 1. The average Bonchev–Trinajstić information content (AvgIpc) is 2.09. The van der Waals surface area contributed by atoms with E-state index in [-0.39, 0.29) is 13.0 Å². The zero-order chi connectivity index (χ0) is 11.0. The lowest BCUT2D eigenvalue weighted by atomic mass is 10.2. The molecule has 0 aromatic rings. The van der Waals surface area contributed by atoms with Crippen molar-refractivity contribution in [1.82, 2.24) is 5.32 Å². The highest BCUT2D eigenvalue weighted by Gasteiger charge is 2.16. The molecule has 0 bridgehead atoms. The van der Waals surface area contributed by atoms with Gasteiger partial charge in [0.15, 0.2) is 0 Å². The number of carboxylic acid groups (broad SMARTS) is 1. The van der Waals surface area contributed by atoms with E-state index in [1.807, 2.05) is 6.92 Å². The van der Waals surface area contributed by atoms with Crippen LogP contribution in [0.3, 0.4) is 0 Å². The summed E-state index contributed by atoms with van der Waals surface area (Å²) in [6.45, 7) is 2.26. The first-order valence-electron chi connectivity index (χ1n) is 4.31. The quantitative estimate of drug-likeness (QED) is 0.429. The fourth-order valence-corrected chi connectivity index (χ4v) is 0.877. The zero-order valence-corrected chi connectivity index (χ0v) is 7.93. The van der Waals surface area contributed by atoms with Gasteiger partial charge >= 0.3 is 5.97 Å². The molecule has 0 saturated carbocycles. The van der Waals surface area contributed by atoms with Crippen molar-refractivity contribution in [2.75, 3.05) is 13.2 Å². The largest absolute Gasteiger partial charge is 0.480 e. The summed E-state index contributed by atoms with van der Waals surface area (Å²) in [5, 5.41) is 20.3. The number of hydrogen-bond acceptors (Lipinski definition) is 5. The molecule has 0 aliphatic rings. The molecule has 0 aromatic heterocycles. The first kappa shape index (κ1) is 12.6. The van der Waals surface area contributed by atoms with Crippen LogP contribution in [0.15, 0.2) is 0 Å². The van der Waals surface area contributed by atoms with E-state index in [1.54, 1.807) is 0 Å². The van der Waals surface area contributed by atoms with Crippen molar-refractivity contribution >= 4 is 5.97 Å². The van der Waals surface area contributed by atoms with Crippen molar-refractivity contribution in [3.05, 3.63) is 10.1 Å². The monoisotopic (exact) mass is 206 g/mol. The lowest BCUT2D eigenvalue weighted by Gasteiger charge is -2.12. The fourth-order valence-electron chi connectivity index (χ4n) is 0.877. The molecule has 0 spiro atoms. The number of hydrogen-bond donors (Lipinski definition) is 2. The summed E-state index contributed by atoms with van der Waals surface area (Å²) < 4.78 is 0. The van der Waals surface area contributed by atoms with Gasteiger partial charge in [0.1, 0.15) is 6.04 Å². The summed E-state index contributed by atoms with van der Waals surface area (Å²) >= 11 is 0. The van der Waals surface area contributed by atoms with Crippen LogP contribution in [0.4, 0.5) is 0 Å². The number of carbonyl (C=O) groups is 1. The molecule has 0 rings (SSSR count). The van der Waals surface area contributed by atoms with Gasteiger partial charge in [-0.3, -0.25) is 4.79 Å². The van der Waals surface area contributed by atoms with E-state index in [0.717, 1.165) is 6.42 Å². The van der Waals surface area contributed by atoms with Crippen LogP contribution in [0, 0.1) is 10.1 Å². The highest BCUT2D eigenvalue weighted by Crippen LogP contribution is 1.94. The Hall–Kier alpha value is -1.37. The Morgan fingerprint density at radius 2 is 2.36 bits per heavy atom. The third-order valence-corrected chi connectivity index (χ3v) is 1.54. The maximum absolute atomic E-state index is 10.6. The van der Waals surface area contributed by atoms with Crippen molar-refractivity contribution in [2.24, 2.45) is 0 Å². The molecular weight excluding hydrogens is 192 g/mol. The Kier molecular flexibility index (Phi) is 6.38. The Morgan fingerprint density at radius 1 is 1.71 bits per heavy atom. The molecule has 14 heavy (non-hydrogen) atoms. The van der Waals surface area contributed by atoms with Gasteiger partial charge < -0.3 is 15.3 Å². The Labute approximate surface area is 81.2 Å². The molecule has 0 fully saturated rings. The van der Waals surface area contributed by atoms with Gasteiger partial charge in [0.25, 0.3) is 5.09 Å². The van der Waals surface area contributed by atoms with Gasteiger partial charge in [-0.25, -0.2) is 0 Å². The summed E-state index contributed by atoms with van der Waals surface area (Å²) in [6, 6.07) is -0.783. The molecule has 82 valence electrons. The van der Waals surface area contributed by atoms with Crippen LogP contribution < -0.4 is 5.32 Å². The summed E-state index contributed by atoms with van der Waals surface area (Å²) in [5.74, 6) is -1.02. The van der Waals surface area contributed by atoms with Crippen molar-refractivity contribution in [3.8, 4) is 0 Å². The van der Waals surface area contributed by atoms with E-state index in [9.17, 15) is 14.9 Å². The first-order chi connectivity index (χ1) is 6.57. The molecule has 7 heteroatoms. The second-order valence-corrected chi connectivity index (χ2v) is 2.69. The molecule has 0 saturated heterocycles. The lowest BCUT2D eigenvalue weighted by Crippen LogP contribution is -2.38. The number of rotatable bonds is 8. The summed E-state index contributed by atoms with van der Waals surface area (Å²) in [7, 11) is 0. The van der Waals surface area contributed by atoms with E-state index in [1.165, 1.54) is 0 Å². The van der Waals surface area contributed by atoms with Gasteiger partial charge in [0, 0.05) is 0 Å². The SMILES string of the molecule is CCCNC(CCO[N+](=O)[O-])C(=O)O. The standard InChI is InChI=1S/C7H14N2O5/c1-2-4-8-6(7(10)11)3-5-14-9(12)13/h6,8H,2-5H2,1H3,(H,10,11). The minimum Gasteiger partial charge on any atom is -0.480 e. The van der Waals surface area contributed by atoms with Crippen molar-refractivity contribution in [2.45, 2.75) is 25.8 Å². The molecule has 0 heterocycles. The Balaban J connectivity index is 3.73. The molecule has 2 N–H and O–H groups in total. The summed E-state index contributed by atoms with van der Waals surface area (Å²) in [4.78, 5) is 24.4. The predicted molar refractivity (Wildman–Crippen MR) is 47.3 cm³/mol. The van der Waals surface area contributed by atoms with Gasteiger partial charge in [0.05, 0.1) is 6.61 Å².